The van der Waals surface area contributed by atoms with Gasteiger partial charge in [0.2, 0.25) is 0 Å². The van der Waals surface area contributed by atoms with Crippen LogP contribution in [0.5, 0.6) is 0 Å². The molecule has 4 heteroatoms. The summed E-state index contributed by atoms with van der Waals surface area (Å²) in [6, 6.07) is 10.0. The van der Waals surface area contributed by atoms with E-state index in [-0.39, 0.29) is 0 Å². The fourth-order valence-electron chi connectivity index (χ4n) is 2.07. The molecule has 0 saturated carbocycles. The molecule has 0 aliphatic rings. The monoisotopic (exact) mass is 356 g/mol. The molecule has 96 valence electrons. The molecule has 1 aromatic carbocycles. The van der Waals surface area contributed by atoms with E-state index < -0.39 is 6.10 Å². The van der Waals surface area contributed by atoms with Gasteiger partial charge in [0.15, 0.2) is 0 Å². The average Bonchev–Trinajstić information content (AvgIpc) is 2.69. The van der Waals surface area contributed by atoms with Crippen LogP contribution in [0.3, 0.4) is 0 Å². The summed E-state index contributed by atoms with van der Waals surface area (Å²) < 4.78 is 3.09. The molecule has 18 heavy (non-hydrogen) atoms. The number of aryl methyl sites for hydroxylation is 2. The van der Waals surface area contributed by atoms with Crippen molar-refractivity contribution in [3.05, 3.63) is 50.9 Å². The van der Waals surface area contributed by atoms with E-state index in [0.29, 0.717) is 6.42 Å². The van der Waals surface area contributed by atoms with Crippen molar-refractivity contribution in [2.45, 2.75) is 32.9 Å². The lowest BCUT2D eigenvalue weighted by atomic mass is 10.0. The van der Waals surface area contributed by atoms with Gasteiger partial charge in [-0.2, -0.15) is 5.10 Å². The molecule has 0 saturated heterocycles. The molecular formula is C14H17IN2O. The van der Waals surface area contributed by atoms with Gasteiger partial charge in [-0.15, -0.1) is 0 Å². The number of benzene rings is 1. The van der Waals surface area contributed by atoms with Gasteiger partial charge in [0.25, 0.3) is 0 Å². The third-order valence-electron chi connectivity index (χ3n) is 2.92. The SMILES string of the molecule is CCn1nc(C)cc1CC(O)c1cccc(I)c1. The molecule has 0 bridgehead atoms. The number of hydrogen-bond donors (Lipinski definition) is 1. The standard InChI is InChI=1S/C14H17IN2O/c1-3-17-13(7-10(2)16-17)9-14(18)11-5-4-6-12(15)8-11/h4-8,14,18H,3,9H2,1-2H3. The lowest BCUT2D eigenvalue weighted by Crippen LogP contribution is -2.08. The first kappa shape index (κ1) is 13.5. The van der Waals surface area contributed by atoms with Crippen LogP contribution in [0.15, 0.2) is 30.3 Å². The van der Waals surface area contributed by atoms with E-state index in [4.69, 9.17) is 0 Å². The smallest absolute Gasteiger partial charge is 0.0845 e. The van der Waals surface area contributed by atoms with Crippen LogP contribution in [0.4, 0.5) is 0 Å². The van der Waals surface area contributed by atoms with Crippen molar-refractivity contribution < 1.29 is 5.11 Å². The number of hydrogen-bond acceptors (Lipinski definition) is 2. The lowest BCUT2D eigenvalue weighted by Gasteiger charge is -2.12. The zero-order valence-corrected chi connectivity index (χ0v) is 12.8. The molecule has 3 nitrogen and oxygen atoms in total. The molecule has 0 spiro atoms. The molecule has 0 radical (unpaired) electrons. The Morgan fingerprint density at radius 1 is 1.39 bits per heavy atom. The zero-order chi connectivity index (χ0) is 13.1. The molecule has 0 fully saturated rings. The molecule has 2 aromatic rings. The van der Waals surface area contributed by atoms with Crippen LogP contribution in [-0.2, 0) is 13.0 Å². The zero-order valence-electron chi connectivity index (χ0n) is 10.6. The maximum atomic E-state index is 10.3. The Kier molecular flexibility index (Phi) is 4.40. The molecule has 1 atom stereocenters. The molecule has 1 unspecified atom stereocenters. The lowest BCUT2D eigenvalue weighted by molar-refractivity contribution is 0.175. The van der Waals surface area contributed by atoms with Crippen LogP contribution in [0.1, 0.15) is 30.0 Å². The second-order valence-corrected chi connectivity index (χ2v) is 5.61. The Morgan fingerprint density at radius 3 is 2.83 bits per heavy atom. The van der Waals surface area contributed by atoms with E-state index in [0.717, 1.165) is 27.1 Å². The summed E-state index contributed by atoms with van der Waals surface area (Å²) >= 11 is 2.26. The molecule has 1 heterocycles. The second kappa shape index (κ2) is 5.84. The van der Waals surface area contributed by atoms with Crippen LogP contribution in [0, 0.1) is 10.5 Å². The van der Waals surface area contributed by atoms with Crippen molar-refractivity contribution in [2.75, 3.05) is 0 Å². The number of aromatic nitrogens is 2. The largest absolute Gasteiger partial charge is 0.388 e. The first-order valence-corrected chi connectivity index (χ1v) is 7.15. The van der Waals surface area contributed by atoms with Gasteiger partial charge in [-0.3, -0.25) is 4.68 Å². The van der Waals surface area contributed by atoms with Crippen LogP contribution >= 0.6 is 22.6 Å². The summed E-state index contributed by atoms with van der Waals surface area (Å²) in [7, 11) is 0. The van der Waals surface area contributed by atoms with Crippen molar-refractivity contribution in [1.82, 2.24) is 9.78 Å². The average molecular weight is 356 g/mol. The first-order chi connectivity index (χ1) is 8.60. The van der Waals surface area contributed by atoms with Crippen LogP contribution in [-0.4, -0.2) is 14.9 Å². The van der Waals surface area contributed by atoms with Gasteiger partial charge >= 0.3 is 0 Å². The van der Waals surface area contributed by atoms with Crippen LogP contribution < -0.4 is 0 Å². The topological polar surface area (TPSA) is 38.0 Å². The molecule has 1 aromatic heterocycles. The van der Waals surface area contributed by atoms with Gasteiger partial charge in [0, 0.05) is 22.2 Å². The van der Waals surface area contributed by atoms with Gasteiger partial charge in [0.1, 0.15) is 0 Å². The maximum absolute atomic E-state index is 10.3. The normalized spacial score (nSPS) is 12.7. The minimum absolute atomic E-state index is 0.471. The summed E-state index contributed by atoms with van der Waals surface area (Å²) in [6.45, 7) is 4.88. The maximum Gasteiger partial charge on any atom is 0.0845 e. The second-order valence-electron chi connectivity index (χ2n) is 4.37. The molecule has 0 aliphatic heterocycles. The van der Waals surface area contributed by atoms with Crippen molar-refractivity contribution >= 4 is 22.6 Å². The summed E-state index contributed by atoms with van der Waals surface area (Å²) in [4.78, 5) is 0. The summed E-state index contributed by atoms with van der Waals surface area (Å²) in [5, 5.41) is 14.7. The van der Waals surface area contributed by atoms with E-state index in [1.807, 2.05) is 41.9 Å². The molecule has 0 amide bonds. The van der Waals surface area contributed by atoms with Crippen LogP contribution in [0.2, 0.25) is 0 Å². The highest BCUT2D eigenvalue weighted by Crippen LogP contribution is 2.20. The van der Waals surface area contributed by atoms with Gasteiger partial charge in [-0.05, 0) is 60.2 Å². The van der Waals surface area contributed by atoms with E-state index in [9.17, 15) is 5.11 Å². The summed E-state index contributed by atoms with van der Waals surface area (Å²) in [6.07, 6.45) is 0.135. The third-order valence-corrected chi connectivity index (χ3v) is 3.59. The summed E-state index contributed by atoms with van der Waals surface area (Å²) in [5.74, 6) is 0. The molecule has 0 aliphatic carbocycles. The minimum atomic E-state index is -0.471. The van der Waals surface area contributed by atoms with Crippen molar-refractivity contribution in [2.24, 2.45) is 0 Å². The van der Waals surface area contributed by atoms with Gasteiger partial charge in [-0.25, -0.2) is 0 Å². The van der Waals surface area contributed by atoms with Gasteiger partial charge in [-0.1, -0.05) is 12.1 Å². The number of halogens is 1. The predicted octanol–water partition coefficient (Wildman–Crippen LogP) is 3.09. The third kappa shape index (κ3) is 3.11. The number of aliphatic hydroxyl groups excluding tert-OH is 1. The highest BCUT2D eigenvalue weighted by atomic mass is 127. The van der Waals surface area contributed by atoms with Gasteiger partial charge < -0.3 is 5.11 Å². The first-order valence-electron chi connectivity index (χ1n) is 6.07. The fourth-order valence-corrected chi connectivity index (χ4v) is 2.63. The van der Waals surface area contributed by atoms with Gasteiger partial charge in [0.05, 0.1) is 11.8 Å². The Hall–Kier alpha value is -0.880. The predicted molar refractivity (Wildman–Crippen MR) is 80.5 cm³/mol. The number of nitrogens with zero attached hydrogens (tertiary/aromatic N) is 2. The molecule has 2 rings (SSSR count). The Morgan fingerprint density at radius 2 is 2.17 bits per heavy atom. The van der Waals surface area contributed by atoms with Crippen molar-refractivity contribution in [3.63, 3.8) is 0 Å². The Bertz CT molecular complexity index is 536. The minimum Gasteiger partial charge on any atom is -0.388 e. The van der Waals surface area contributed by atoms with E-state index in [1.54, 1.807) is 0 Å². The van der Waals surface area contributed by atoms with E-state index in [2.05, 4.69) is 34.6 Å². The van der Waals surface area contributed by atoms with Crippen molar-refractivity contribution in [3.8, 4) is 0 Å². The highest BCUT2D eigenvalue weighted by Gasteiger charge is 2.12. The van der Waals surface area contributed by atoms with Crippen molar-refractivity contribution in [1.29, 1.82) is 0 Å². The quantitative estimate of drug-likeness (QED) is 0.855. The highest BCUT2D eigenvalue weighted by molar-refractivity contribution is 14.1. The Balaban J connectivity index is 2.18. The molecular weight excluding hydrogens is 339 g/mol. The van der Waals surface area contributed by atoms with E-state index >= 15 is 0 Å². The fraction of sp³-hybridized carbons (Fsp3) is 0.357. The Labute approximate surface area is 121 Å². The van der Waals surface area contributed by atoms with Crippen LogP contribution in [0.25, 0.3) is 0 Å². The molecule has 1 N–H and O–H groups in total. The van der Waals surface area contributed by atoms with E-state index in [1.165, 1.54) is 0 Å². The number of aliphatic hydroxyl groups is 1. The number of rotatable bonds is 4. The summed E-state index contributed by atoms with van der Waals surface area (Å²) in [5.41, 5.74) is 3.05.